The van der Waals surface area contributed by atoms with E-state index in [1.807, 2.05) is 4.90 Å². The van der Waals surface area contributed by atoms with E-state index >= 15 is 0 Å². The number of aromatic amines is 1. The van der Waals surface area contributed by atoms with Crippen LogP contribution in [0.1, 0.15) is 37.2 Å². The normalized spacial score (nSPS) is 23.9. The maximum absolute atomic E-state index is 12.4. The van der Waals surface area contributed by atoms with Crippen LogP contribution in [0.4, 0.5) is 0 Å². The number of halogens is 1. The van der Waals surface area contributed by atoms with Crippen molar-refractivity contribution in [3.8, 4) is 0 Å². The summed E-state index contributed by atoms with van der Waals surface area (Å²) >= 11 is 3.34. The van der Waals surface area contributed by atoms with Crippen LogP contribution in [0.3, 0.4) is 0 Å². The van der Waals surface area contributed by atoms with E-state index in [0.29, 0.717) is 18.2 Å². The summed E-state index contributed by atoms with van der Waals surface area (Å²) in [5.74, 6) is 0.382. The minimum absolute atomic E-state index is 0.0175. The first-order valence-electron chi connectivity index (χ1n) is 6.72. The van der Waals surface area contributed by atoms with Gasteiger partial charge in [-0.3, -0.25) is 4.79 Å². The number of H-pyrrole nitrogens is 1. The van der Waals surface area contributed by atoms with Crippen molar-refractivity contribution >= 4 is 21.8 Å². The maximum Gasteiger partial charge on any atom is 0.270 e. The number of piperidine rings is 1. The molecule has 0 spiro atoms. The maximum atomic E-state index is 12.4. The first-order valence-corrected chi connectivity index (χ1v) is 7.52. The van der Waals surface area contributed by atoms with Gasteiger partial charge >= 0.3 is 0 Å². The summed E-state index contributed by atoms with van der Waals surface area (Å²) in [6.45, 7) is 5.79. The third kappa shape index (κ3) is 2.87. The van der Waals surface area contributed by atoms with E-state index in [1.54, 1.807) is 12.3 Å². The monoisotopic (exact) mass is 328 g/mol. The number of carbonyl (C=O) groups excluding carboxylic acids is 1. The highest BCUT2D eigenvalue weighted by molar-refractivity contribution is 9.10. The van der Waals surface area contributed by atoms with E-state index in [2.05, 4.69) is 34.8 Å². The fourth-order valence-electron chi connectivity index (χ4n) is 2.78. The van der Waals surface area contributed by atoms with Crippen molar-refractivity contribution in [2.75, 3.05) is 19.7 Å². The van der Waals surface area contributed by atoms with Crippen LogP contribution >= 0.6 is 15.9 Å². The highest BCUT2D eigenvalue weighted by Crippen LogP contribution is 2.37. The highest BCUT2D eigenvalue weighted by atomic mass is 79.9. The highest BCUT2D eigenvalue weighted by Gasteiger charge is 2.39. The fourth-order valence-corrected chi connectivity index (χ4v) is 3.12. The third-order valence-corrected chi connectivity index (χ3v) is 4.77. The number of nitrogens with one attached hydrogen (secondary N) is 1. The Labute approximate surface area is 122 Å². The van der Waals surface area contributed by atoms with Crippen LogP contribution in [0.5, 0.6) is 0 Å². The second kappa shape index (κ2) is 5.67. The van der Waals surface area contributed by atoms with Crippen molar-refractivity contribution in [1.29, 1.82) is 0 Å². The second-order valence-electron chi connectivity index (χ2n) is 5.74. The van der Waals surface area contributed by atoms with Gasteiger partial charge in [-0.05, 0) is 40.8 Å². The Morgan fingerprint density at radius 2 is 2.37 bits per heavy atom. The molecule has 2 heterocycles. The molecule has 0 saturated carbocycles. The SMILES string of the molecule is CC(C)C1(CO)CCCN(C(=O)c2cc(Br)c[nH]2)C1. The van der Waals surface area contributed by atoms with Gasteiger partial charge in [-0.25, -0.2) is 0 Å². The smallest absolute Gasteiger partial charge is 0.270 e. The van der Waals surface area contributed by atoms with Crippen molar-refractivity contribution in [3.05, 3.63) is 22.4 Å². The minimum Gasteiger partial charge on any atom is -0.396 e. The van der Waals surface area contributed by atoms with Crippen LogP contribution in [0.2, 0.25) is 0 Å². The molecule has 1 aromatic rings. The number of amides is 1. The van der Waals surface area contributed by atoms with Gasteiger partial charge in [-0.1, -0.05) is 13.8 Å². The summed E-state index contributed by atoms with van der Waals surface area (Å²) in [4.78, 5) is 17.3. The lowest BCUT2D eigenvalue weighted by molar-refractivity contribution is 0.000487. The lowest BCUT2D eigenvalue weighted by Crippen LogP contribution is -2.50. The Hall–Kier alpha value is -0.810. The molecule has 2 N–H and O–H groups in total. The van der Waals surface area contributed by atoms with Crippen LogP contribution in [-0.4, -0.2) is 40.6 Å². The summed E-state index contributed by atoms with van der Waals surface area (Å²) in [6.07, 6.45) is 3.70. The summed E-state index contributed by atoms with van der Waals surface area (Å²) in [7, 11) is 0. The summed E-state index contributed by atoms with van der Waals surface area (Å²) in [5.41, 5.74) is 0.446. The predicted octanol–water partition coefficient (Wildman–Crippen LogP) is 2.65. The molecule has 1 aliphatic rings. The molecule has 1 saturated heterocycles. The van der Waals surface area contributed by atoms with Gasteiger partial charge in [-0.2, -0.15) is 0 Å². The molecule has 0 bridgehead atoms. The molecule has 0 aliphatic carbocycles. The number of aromatic nitrogens is 1. The molecule has 1 unspecified atom stereocenters. The van der Waals surface area contributed by atoms with Crippen LogP contribution in [0.25, 0.3) is 0 Å². The summed E-state index contributed by atoms with van der Waals surface area (Å²) in [5, 5.41) is 9.73. The molecule has 1 aliphatic heterocycles. The first kappa shape index (κ1) is 14.6. The molecule has 0 aromatic carbocycles. The number of carbonyl (C=O) groups is 1. The molecule has 0 radical (unpaired) electrons. The van der Waals surface area contributed by atoms with Gasteiger partial charge < -0.3 is 15.0 Å². The molecular weight excluding hydrogens is 308 g/mol. The van der Waals surface area contributed by atoms with Crippen LogP contribution < -0.4 is 0 Å². The zero-order valence-electron chi connectivity index (χ0n) is 11.4. The van der Waals surface area contributed by atoms with Gasteiger partial charge in [0.25, 0.3) is 5.91 Å². The molecule has 106 valence electrons. The Balaban J connectivity index is 2.15. The van der Waals surface area contributed by atoms with Crippen molar-refractivity contribution in [2.24, 2.45) is 11.3 Å². The molecule has 19 heavy (non-hydrogen) atoms. The Morgan fingerprint density at radius 1 is 1.63 bits per heavy atom. The molecule has 1 amide bonds. The zero-order valence-corrected chi connectivity index (χ0v) is 13.0. The van der Waals surface area contributed by atoms with Gasteiger partial charge in [-0.15, -0.1) is 0 Å². The number of nitrogens with zero attached hydrogens (tertiary/aromatic N) is 1. The van der Waals surface area contributed by atoms with Gasteiger partial charge in [0.2, 0.25) is 0 Å². The van der Waals surface area contributed by atoms with Crippen molar-refractivity contribution in [3.63, 3.8) is 0 Å². The second-order valence-corrected chi connectivity index (χ2v) is 6.65. The van der Waals surface area contributed by atoms with E-state index in [1.165, 1.54) is 0 Å². The summed E-state index contributed by atoms with van der Waals surface area (Å²) < 4.78 is 0.880. The lowest BCUT2D eigenvalue weighted by Gasteiger charge is -2.44. The minimum atomic E-state index is -0.155. The van der Waals surface area contributed by atoms with Crippen LogP contribution in [0, 0.1) is 11.3 Å². The Kier molecular flexibility index (Phi) is 4.36. The number of hydrogen-bond acceptors (Lipinski definition) is 2. The van der Waals surface area contributed by atoms with E-state index in [9.17, 15) is 9.90 Å². The van der Waals surface area contributed by atoms with E-state index in [4.69, 9.17) is 0 Å². The Morgan fingerprint density at radius 3 is 2.89 bits per heavy atom. The molecular formula is C14H21BrN2O2. The average molecular weight is 329 g/mol. The molecule has 1 atom stereocenters. The number of rotatable bonds is 3. The lowest BCUT2D eigenvalue weighted by atomic mass is 9.72. The number of aliphatic hydroxyl groups excluding tert-OH is 1. The third-order valence-electron chi connectivity index (χ3n) is 4.31. The molecule has 1 aromatic heterocycles. The number of aliphatic hydroxyl groups is 1. The van der Waals surface area contributed by atoms with Crippen molar-refractivity contribution in [2.45, 2.75) is 26.7 Å². The molecule has 2 rings (SSSR count). The molecule has 1 fully saturated rings. The number of likely N-dealkylation sites (tertiary alicyclic amines) is 1. The average Bonchev–Trinajstić information content (AvgIpc) is 2.84. The Bertz CT molecular complexity index is 458. The van der Waals surface area contributed by atoms with E-state index < -0.39 is 0 Å². The quantitative estimate of drug-likeness (QED) is 0.896. The fraction of sp³-hybridized carbons (Fsp3) is 0.643. The summed E-state index contributed by atoms with van der Waals surface area (Å²) in [6, 6.07) is 1.80. The number of hydrogen-bond donors (Lipinski definition) is 2. The largest absolute Gasteiger partial charge is 0.396 e. The molecule has 4 nitrogen and oxygen atoms in total. The zero-order chi connectivity index (χ0) is 14.0. The first-order chi connectivity index (χ1) is 8.98. The van der Waals surface area contributed by atoms with Gasteiger partial charge in [0.1, 0.15) is 5.69 Å². The standard InChI is InChI=1S/C14H21BrN2O2/c1-10(2)14(9-18)4-3-5-17(8-14)13(19)12-6-11(15)7-16-12/h6-7,10,16,18H,3-5,8-9H2,1-2H3. The topological polar surface area (TPSA) is 56.3 Å². The van der Waals surface area contributed by atoms with E-state index in [0.717, 1.165) is 23.9 Å². The van der Waals surface area contributed by atoms with Crippen molar-refractivity contribution in [1.82, 2.24) is 9.88 Å². The van der Waals surface area contributed by atoms with Crippen LogP contribution in [0.15, 0.2) is 16.7 Å². The van der Waals surface area contributed by atoms with E-state index in [-0.39, 0.29) is 17.9 Å². The van der Waals surface area contributed by atoms with Crippen LogP contribution in [-0.2, 0) is 0 Å². The van der Waals surface area contributed by atoms with Crippen molar-refractivity contribution < 1.29 is 9.90 Å². The molecule has 5 heteroatoms. The van der Waals surface area contributed by atoms with Gasteiger partial charge in [0, 0.05) is 29.2 Å². The van der Waals surface area contributed by atoms with Gasteiger partial charge in [0.05, 0.1) is 6.61 Å². The van der Waals surface area contributed by atoms with Gasteiger partial charge in [0.15, 0.2) is 0 Å². The predicted molar refractivity (Wildman–Crippen MR) is 78.0 cm³/mol.